The normalized spacial score (nSPS) is 10.6. The van der Waals surface area contributed by atoms with Crippen molar-refractivity contribution in [2.24, 2.45) is 0 Å². The zero-order valence-electron chi connectivity index (χ0n) is 8.24. The fourth-order valence-corrected chi connectivity index (χ4v) is 1.80. The Balaban J connectivity index is 2.21. The largest absolute Gasteiger partial charge is 0.268 e. The van der Waals surface area contributed by atoms with Gasteiger partial charge in [0.2, 0.25) is 0 Å². The fraction of sp³-hybridized carbons (Fsp3) is 0.182. The molecule has 2 rings (SSSR count). The number of aryl methyl sites for hydroxylation is 1. The minimum absolute atomic E-state index is 0.240. The molecule has 15 heavy (non-hydrogen) atoms. The average Bonchev–Trinajstić information content (AvgIpc) is 2.58. The van der Waals surface area contributed by atoms with Crippen LogP contribution in [0.2, 0.25) is 0 Å². The van der Waals surface area contributed by atoms with Crippen LogP contribution in [0.5, 0.6) is 0 Å². The minimum atomic E-state index is -0.240. The topological polar surface area (TPSA) is 17.8 Å². The zero-order valence-corrected chi connectivity index (χ0v) is 9.83. The molecule has 0 atom stereocenters. The summed E-state index contributed by atoms with van der Waals surface area (Å²) in [6.45, 7) is 2.65. The molecule has 4 heteroatoms. The Morgan fingerprint density at radius 2 is 2.27 bits per heavy atom. The van der Waals surface area contributed by atoms with Crippen LogP contribution in [0.15, 0.2) is 35.1 Å². The van der Waals surface area contributed by atoms with Gasteiger partial charge < -0.3 is 0 Å². The standard InChI is InChI=1S/C11H10BrFN2/c1-8-5-14-15(6-8)7-9-2-3-11(13)10(12)4-9/h2-6H,7H2,1H3. The molecule has 0 amide bonds. The van der Waals surface area contributed by atoms with Crippen molar-refractivity contribution in [1.29, 1.82) is 0 Å². The summed E-state index contributed by atoms with van der Waals surface area (Å²) in [7, 11) is 0. The third kappa shape index (κ3) is 2.45. The molecule has 0 aliphatic heterocycles. The lowest BCUT2D eigenvalue weighted by molar-refractivity contribution is 0.617. The van der Waals surface area contributed by atoms with Crippen molar-refractivity contribution < 1.29 is 4.39 Å². The van der Waals surface area contributed by atoms with Crippen LogP contribution in [0.4, 0.5) is 4.39 Å². The predicted molar refractivity (Wildman–Crippen MR) is 60.2 cm³/mol. The highest BCUT2D eigenvalue weighted by Crippen LogP contribution is 2.17. The molecule has 1 aromatic heterocycles. The number of hydrogen-bond acceptors (Lipinski definition) is 1. The SMILES string of the molecule is Cc1cnn(Cc2ccc(F)c(Br)c2)c1. The molecule has 0 N–H and O–H groups in total. The maximum Gasteiger partial charge on any atom is 0.137 e. The van der Waals surface area contributed by atoms with Crippen LogP contribution < -0.4 is 0 Å². The molecule has 0 aliphatic rings. The van der Waals surface area contributed by atoms with Gasteiger partial charge in [-0.05, 0) is 46.1 Å². The average molecular weight is 269 g/mol. The van der Waals surface area contributed by atoms with E-state index in [1.54, 1.807) is 18.3 Å². The number of nitrogens with zero attached hydrogens (tertiary/aromatic N) is 2. The molecule has 0 bridgehead atoms. The number of aromatic nitrogens is 2. The lowest BCUT2D eigenvalue weighted by atomic mass is 10.2. The van der Waals surface area contributed by atoms with Crippen molar-refractivity contribution >= 4 is 15.9 Å². The van der Waals surface area contributed by atoms with Crippen molar-refractivity contribution in [3.8, 4) is 0 Å². The molecule has 78 valence electrons. The molecule has 1 heterocycles. The van der Waals surface area contributed by atoms with E-state index >= 15 is 0 Å². The third-order valence-corrected chi connectivity index (χ3v) is 2.70. The van der Waals surface area contributed by atoms with Gasteiger partial charge in [-0.1, -0.05) is 6.07 Å². The Morgan fingerprint density at radius 3 is 2.87 bits per heavy atom. The monoisotopic (exact) mass is 268 g/mol. The molecule has 0 spiro atoms. The molecular weight excluding hydrogens is 259 g/mol. The summed E-state index contributed by atoms with van der Waals surface area (Å²) in [5, 5.41) is 4.17. The first-order chi connectivity index (χ1) is 7.15. The van der Waals surface area contributed by atoms with E-state index in [1.807, 2.05) is 17.8 Å². The molecule has 0 radical (unpaired) electrons. The quantitative estimate of drug-likeness (QED) is 0.819. The molecule has 1 aromatic carbocycles. The lowest BCUT2D eigenvalue weighted by Gasteiger charge is -2.02. The Kier molecular flexibility index (Phi) is 2.86. The van der Waals surface area contributed by atoms with Gasteiger partial charge in [-0.15, -0.1) is 0 Å². The predicted octanol–water partition coefficient (Wildman–Crippen LogP) is 3.14. The van der Waals surface area contributed by atoms with Gasteiger partial charge in [0.15, 0.2) is 0 Å². The van der Waals surface area contributed by atoms with Crippen molar-refractivity contribution in [2.75, 3.05) is 0 Å². The van der Waals surface area contributed by atoms with Gasteiger partial charge in [0.1, 0.15) is 5.82 Å². The van der Waals surface area contributed by atoms with Gasteiger partial charge in [0.25, 0.3) is 0 Å². The van der Waals surface area contributed by atoms with Crippen LogP contribution in [0.3, 0.4) is 0 Å². The maximum atomic E-state index is 13.0. The van der Waals surface area contributed by atoms with E-state index in [-0.39, 0.29) is 5.82 Å². The van der Waals surface area contributed by atoms with Crippen LogP contribution in [0.25, 0.3) is 0 Å². The molecule has 0 aliphatic carbocycles. The molecular formula is C11H10BrFN2. The van der Waals surface area contributed by atoms with Crippen molar-refractivity contribution in [2.45, 2.75) is 13.5 Å². The number of benzene rings is 1. The Labute approximate surface area is 95.9 Å². The van der Waals surface area contributed by atoms with E-state index in [0.29, 0.717) is 11.0 Å². The molecule has 2 aromatic rings. The highest BCUT2D eigenvalue weighted by molar-refractivity contribution is 9.10. The van der Waals surface area contributed by atoms with E-state index in [9.17, 15) is 4.39 Å². The summed E-state index contributed by atoms with van der Waals surface area (Å²) in [6, 6.07) is 4.99. The first-order valence-corrected chi connectivity index (χ1v) is 5.37. The van der Waals surface area contributed by atoms with Crippen LogP contribution in [-0.4, -0.2) is 9.78 Å². The zero-order chi connectivity index (χ0) is 10.8. The van der Waals surface area contributed by atoms with Crippen molar-refractivity contribution in [1.82, 2.24) is 9.78 Å². The second-order valence-corrected chi connectivity index (χ2v) is 4.32. The van der Waals surface area contributed by atoms with Gasteiger partial charge in [0, 0.05) is 6.20 Å². The Hall–Kier alpha value is -1.16. The van der Waals surface area contributed by atoms with Gasteiger partial charge in [-0.25, -0.2) is 4.39 Å². The van der Waals surface area contributed by atoms with Gasteiger partial charge >= 0.3 is 0 Å². The van der Waals surface area contributed by atoms with Crippen molar-refractivity contribution in [3.05, 3.63) is 52.0 Å². The maximum absolute atomic E-state index is 13.0. The molecule has 0 saturated carbocycles. The summed E-state index contributed by atoms with van der Waals surface area (Å²) < 4.78 is 15.3. The van der Waals surface area contributed by atoms with E-state index in [2.05, 4.69) is 21.0 Å². The summed E-state index contributed by atoms with van der Waals surface area (Å²) in [6.07, 6.45) is 3.76. The van der Waals surface area contributed by atoms with E-state index < -0.39 is 0 Å². The summed E-state index contributed by atoms with van der Waals surface area (Å²) in [5.41, 5.74) is 2.14. The second kappa shape index (κ2) is 4.14. The lowest BCUT2D eigenvalue weighted by Crippen LogP contribution is -2.00. The fourth-order valence-electron chi connectivity index (χ4n) is 1.38. The van der Waals surface area contributed by atoms with E-state index in [1.165, 1.54) is 6.07 Å². The van der Waals surface area contributed by atoms with Crippen molar-refractivity contribution in [3.63, 3.8) is 0 Å². The van der Waals surface area contributed by atoms with Gasteiger partial charge in [-0.2, -0.15) is 5.10 Å². The molecule has 0 saturated heterocycles. The first kappa shape index (κ1) is 10.4. The smallest absolute Gasteiger partial charge is 0.137 e. The molecule has 0 fully saturated rings. The summed E-state index contributed by atoms with van der Waals surface area (Å²) in [5.74, 6) is -0.240. The number of hydrogen-bond donors (Lipinski definition) is 0. The van der Waals surface area contributed by atoms with Gasteiger partial charge in [-0.3, -0.25) is 4.68 Å². The minimum Gasteiger partial charge on any atom is -0.268 e. The van der Waals surface area contributed by atoms with Crippen LogP contribution >= 0.6 is 15.9 Å². The summed E-state index contributed by atoms with van der Waals surface area (Å²) >= 11 is 3.16. The van der Waals surface area contributed by atoms with Crippen LogP contribution in [-0.2, 0) is 6.54 Å². The molecule has 2 nitrogen and oxygen atoms in total. The van der Waals surface area contributed by atoms with Crippen LogP contribution in [0.1, 0.15) is 11.1 Å². The van der Waals surface area contributed by atoms with Gasteiger partial charge in [0.05, 0.1) is 17.2 Å². The van der Waals surface area contributed by atoms with Crippen LogP contribution in [0, 0.1) is 12.7 Å². The van der Waals surface area contributed by atoms with E-state index in [4.69, 9.17) is 0 Å². The highest BCUT2D eigenvalue weighted by Gasteiger charge is 2.01. The number of halogens is 2. The first-order valence-electron chi connectivity index (χ1n) is 4.58. The Bertz CT molecular complexity index is 479. The third-order valence-electron chi connectivity index (χ3n) is 2.09. The van der Waals surface area contributed by atoms with E-state index in [0.717, 1.165) is 11.1 Å². The number of rotatable bonds is 2. The highest BCUT2D eigenvalue weighted by atomic mass is 79.9. The Morgan fingerprint density at radius 1 is 1.47 bits per heavy atom. The second-order valence-electron chi connectivity index (χ2n) is 3.46. The molecule has 0 unspecified atom stereocenters. The summed E-state index contributed by atoms with van der Waals surface area (Å²) in [4.78, 5) is 0.